The number of fused-ring (bicyclic) bond motifs is 3. The minimum Gasteiger partial charge on any atom is -0.465 e. The second kappa shape index (κ2) is 9.85. The number of methoxy groups -OCH3 is 1. The first-order chi connectivity index (χ1) is 18.9. The molecule has 0 unspecified atom stereocenters. The molecule has 5 aromatic rings. The van der Waals surface area contributed by atoms with Crippen LogP contribution in [0.25, 0.3) is 33.2 Å². The number of rotatable bonds is 5. The Morgan fingerprint density at radius 1 is 1.10 bits per heavy atom. The number of hydrogen-bond donors (Lipinski definition) is 0. The Kier molecular flexibility index (Phi) is 6.34. The lowest BCUT2D eigenvalue weighted by Gasteiger charge is -2.33. The highest BCUT2D eigenvalue weighted by Crippen LogP contribution is 2.42. The van der Waals surface area contributed by atoms with E-state index in [1.54, 1.807) is 38.2 Å². The van der Waals surface area contributed by atoms with Gasteiger partial charge in [0.2, 0.25) is 0 Å². The van der Waals surface area contributed by atoms with Gasteiger partial charge in [-0.1, -0.05) is 23.4 Å². The van der Waals surface area contributed by atoms with E-state index in [0.717, 1.165) is 0 Å². The van der Waals surface area contributed by atoms with Gasteiger partial charge >= 0.3 is 5.97 Å². The number of benzene rings is 2. The molecule has 1 atom stereocenters. The molecule has 0 amide bonds. The van der Waals surface area contributed by atoms with Crippen molar-refractivity contribution in [2.45, 2.75) is 25.8 Å². The second-order valence-corrected chi connectivity index (χ2v) is 9.87. The van der Waals surface area contributed by atoms with E-state index in [9.17, 15) is 4.79 Å². The van der Waals surface area contributed by atoms with Crippen molar-refractivity contribution in [3.05, 3.63) is 77.1 Å². The van der Waals surface area contributed by atoms with Crippen LogP contribution in [-0.2, 0) is 16.5 Å². The van der Waals surface area contributed by atoms with Gasteiger partial charge in [-0.25, -0.2) is 18.3 Å². The van der Waals surface area contributed by atoms with Crippen molar-refractivity contribution in [1.82, 2.24) is 24.5 Å². The van der Waals surface area contributed by atoms with Crippen molar-refractivity contribution in [1.29, 1.82) is 0 Å². The van der Waals surface area contributed by atoms with Gasteiger partial charge in [0.05, 0.1) is 46.7 Å². The molecule has 39 heavy (non-hydrogen) atoms. The van der Waals surface area contributed by atoms with Crippen molar-refractivity contribution in [3.8, 4) is 11.3 Å². The molecule has 2 aromatic carbocycles. The molecule has 3 aromatic heterocycles. The maximum Gasteiger partial charge on any atom is 0.339 e. The average Bonchev–Trinajstić information content (AvgIpc) is 3.44. The predicted molar refractivity (Wildman–Crippen MR) is 141 cm³/mol. The highest BCUT2D eigenvalue weighted by Gasteiger charge is 2.32. The Morgan fingerprint density at radius 3 is 2.56 bits per heavy atom. The lowest BCUT2D eigenvalue weighted by molar-refractivity contribution is 0.0548. The first kappa shape index (κ1) is 25.1. The first-order valence-corrected chi connectivity index (χ1v) is 12.8. The number of carbonyl (C=O) groups is 1. The van der Waals surface area contributed by atoms with Crippen LogP contribution in [0, 0.1) is 24.5 Å². The molecule has 10 heteroatoms. The Hall–Kier alpha value is -4.18. The third-order valence-electron chi connectivity index (χ3n) is 7.61. The molecular weight excluding hydrogens is 504 g/mol. The third kappa shape index (κ3) is 4.15. The standard InChI is InChI=1S/C29H27F2N5O3/c1-16-27(35(2)34-33-16)20-14-24-21(13-23(20)31)26-25(12-18(15-32-26)29(37)38-3)36(24)28(17-8-10-39-11-9-17)19-6-4-5-7-22(19)30/h4-7,12-15,17,28H,8-11H2,1-3H3/t28-/m0/s1. The van der Waals surface area contributed by atoms with Crippen molar-refractivity contribution >= 4 is 27.9 Å². The van der Waals surface area contributed by atoms with Gasteiger partial charge in [0.15, 0.2) is 0 Å². The van der Waals surface area contributed by atoms with Crippen molar-refractivity contribution < 1.29 is 23.0 Å². The summed E-state index contributed by atoms with van der Waals surface area (Å²) in [5, 5.41) is 8.71. The van der Waals surface area contributed by atoms with Gasteiger partial charge in [-0.2, -0.15) is 0 Å². The van der Waals surface area contributed by atoms with E-state index in [2.05, 4.69) is 15.3 Å². The van der Waals surface area contributed by atoms with Crippen LogP contribution in [0.4, 0.5) is 8.78 Å². The number of aromatic nitrogens is 5. The average molecular weight is 532 g/mol. The Balaban J connectivity index is 1.73. The van der Waals surface area contributed by atoms with Crippen LogP contribution >= 0.6 is 0 Å². The lowest BCUT2D eigenvalue weighted by Crippen LogP contribution is -2.27. The number of carbonyl (C=O) groups excluding carboxylic acids is 1. The Labute approximate surface area is 223 Å². The summed E-state index contributed by atoms with van der Waals surface area (Å²) in [6, 6.07) is 11.1. The first-order valence-electron chi connectivity index (χ1n) is 12.8. The molecule has 1 fully saturated rings. The largest absolute Gasteiger partial charge is 0.465 e. The van der Waals surface area contributed by atoms with Gasteiger partial charge in [-0.15, -0.1) is 5.10 Å². The fourth-order valence-electron chi connectivity index (χ4n) is 5.82. The van der Waals surface area contributed by atoms with E-state index < -0.39 is 17.8 Å². The minimum atomic E-state index is -0.543. The van der Waals surface area contributed by atoms with Gasteiger partial charge in [0.25, 0.3) is 0 Å². The summed E-state index contributed by atoms with van der Waals surface area (Å²) in [4.78, 5) is 17.1. The minimum absolute atomic E-state index is 0.0184. The van der Waals surface area contributed by atoms with Crippen LogP contribution in [0.1, 0.15) is 40.5 Å². The maximum atomic E-state index is 15.7. The molecular formula is C29H27F2N5O3. The maximum absolute atomic E-state index is 15.7. The SMILES string of the molecule is COC(=O)c1cnc2c3cc(F)c(-c4c(C)nnn4C)cc3n([C@H](c3ccccc3F)C3CCOCC3)c2c1. The molecule has 1 aliphatic heterocycles. The van der Waals surface area contributed by atoms with Gasteiger partial charge in [-0.05, 0) is 49.9 Å². The smallest absolute Gasteiger partial charge is 0.339 e. The number of halogens is 2. The number of esters is 1. The van der Waals surface area contributed by atoms with E-state index in [1.807, 2.05) is 10.6 Å². The number of ether oxygens (including phenoxy) is 2. The molecule has 200 valence electrons. The molecule has 0 N–H and O–H groups in total. The number of hydrogen-bond acceptors (Lipinski definition) is 6. The van der Waals surface area contributed by atoms with Gasteiger partial charge in [-0.3, -0.25) is 4.98 Å². The molecule has 0 radical (unpaired) electrons. The van der Waals surface area contributed by atoms with E-state index in [0.29, 0.717) is 70.5 Å². The van der Waals surface area contributed by atoms with Crippen LogP contribution in [0.2, 0.25) is 0 Å². The van der Waals surface area contributed by atoms with Crippen molar-refractivity contribution in [3.63, 3.8) is 0 Å². The number of pyridine rings is 1. The van der Waals surface area contributed by atoms with E-state index >= 15 is 8.78 Å². The summed E-state index contributed by atoms with van der Waals surface area (Å²) in [7, 11) is 3.01. The molecule has 0 aliphatic carbocycles. The highest BCUT2D eigenvalue weighted by atomic mass is 19.1. The summed E-state index contributed by atoms with van der Waals surface area (Å²) in [5.41, 5.74) is 3.97. The van der Waals surface area contributed by atoms with E-state index in [1.165, 1.54) is 30.1 Å². The molecule has 1 aliphatic rings. The topological polar surface area (TPSA) is 84.1 Å². The van der Waals surface area contributed by atoms with Gasteiger partial charge in [0, 0.05) is 43.0 Å². The quantitative estimate of drug-likeness (QED) is 0.284. The molecule has 0 bridgehead atoms. The Morgan fingerprint density at radius 2 is 1.87 bits per heavy atom. The third-order valence-corrected chi connectivity index (χ3v) is 7.61. The summed E-state index contributed by atoms with van der Waals surface area (Å²) in [6.07, 6.45) is 2.84. The van der Waals surface area contributed by atoms with Crippen molar-refractivity contribution in [2.75, 3.05) is 20.3 Å². The van der Waals surface area contributed by atoms with Crippen molar-refractivity contribution in [2.24, 2.45) is 13.0 Å². The number of nitrogens with zero attached hydrogens (tertiary/aromatic N) is 5. The van der Waals surface area contributed by atoms with Crippen LogP contribution in [0.15, 0.2) is 48.7 Å². The van der Waals surface area contributed by atoms with Crippen LogP contribution in [0.5, 0.6) is 0 Å². The van der Waals surface area contributed by atoms with Gasteiger partial charge in [0.1, 0.15) is 11.6 Å². The summed E-state index contributed by atoms with van der Waals surface area (Å²) in [5.74, 6) is -1.32. The van der Waals surface area contributed by atoms with Crippen LogP contribution in [0.3, 0.4) is 0 Å². The monoisotopic (exact) mass is 531 g/mol. The Bertz CT molecular complexity index is 1700. The molecule has 8 nitrogen and oxygen atoms in total. The highest BCUT2D eigenvalue weighted by molar-refractivity contribution is 6.08. The fourth-order valence-corrected chi connectivity index (χ4v) is 5.82. The van der Waals surface area contributed by atoms with Gasteiger partial charge < -0.3 is 14.0 Å². The molecule has 1 saturated heterocycles. The molecule has 0 spiro atoms. The zero-order chi connectivity index (χ0) is 27.3. The summed E-state index contributed by atoms with van der Waals surface area (Å²) in [6.45, 7) is 2.88. The van der Waals surface area contributed by atoms with Crippen LogP contribution < -0.4 is 0 Å². The molecule has 4 heterocycles. The predicted octanol–water partition coefficient (Wildman–Crippen LogP) is 5.37. The summed E-state index contributed by atoms with van der Waals surface area (Å²) >= 11 is 0. The van der Waals surface area contributed by atoms with E-state index in [-0.39, 0.29) is 17.3 Å². The zero-order valence-electron chi connectivity index (χ0n) is 21.8. The normalized spacial score (nSPS) is 15.2. The summed E-state index contributed by atoms with van der Waals surface area (Å²) < 4.78 is 45.4. The van der Waals surface area contributed by atoms with Crippen LogP contribution in [-0.4, -0.2) is 50.8 Å². The lowest BCUT2D eigenvalue weighted by atomic mass is 9.86. The van der Waals surface area contributed by atoms with E-state index in [4.69, 9.17) is 9.47 Å². The fraction of sp³-hybridized carbons (Fsp3) is 0.310. The number of aryl methyl sites for hydroxylation is 2. The molecule has 6 rings (SSSR count). The zero-order valence-corrected chi connectivity index (χ0v) is 21.8. The second-order valence-electron chi connectivity index (χ2n) is 9.87. The molecule has 0 saturated carbocycles.